The number of nitrogens with two attached hydrogens (primary N) is 1. The second-order valence-corrected chi connectivity index (χ2v) is 4.35. The largest absolute Gasteiger partial charge is 0.399 e. The van der Waals surface area contributed by atoms with E-state index in [1.807, 2.05) is 49.4 Å². The first kappa shape index (κ1) is 13.1. The molecule has 0 aliphatic heterocycles. The highest BCUT2D eigenvalue weighted by molar-refractivity contribution is 5.93. The molecule has 1 atom stereocenters. The minimum Gasteiger partial charge on any atom is -0.399 e. The van der Waals surface area contributed by atoms with Crippen molar-refractivity contribution in [3.63, 3.8) is 0 Å². The Balaban J connectivity index is 1.92. The number of hydrazine groups is 1. The number of amides is 1. The highest BCUT2D eigenvalue weighted by Crippen LogP contribution is 2.13. The summed E-state index contributed by atoms with van der Waals surface area (Å²) in [5, 5.41) is 0. The van der Waals surface area contributed by atoms with Crippen molar-refractivity contribution >= 4 is 11.6 Å². The fourth-order valence-corrected chi connectivity index (χ4v) is 1.70. The second kappa shape index (κ2) is 6.02. The molecule has 0 saturated carbocycles. The Labute approximate surface area is 112 Å². The Hall–Kier alpha value is -2.33. The Morgan fingerprint density at radius 1 is 1.05 bits per heavy atom. The third kappa shape index (κ3) is 3.56. The molecule has 0 unspecified atom stereocenters. The van der Waals surface area contributed by atoms with Gasteiger partial charge in [0.1, 0.15) is 0 Å². The van der Waals surface area contributed by atoms with Gasteiger partial charge in [0.05, 0.1) is 0 Å². The van der Waals surface area contributed by atoms with Crippen molar-refractivity contribution in [3.05, 3.63) is 65.7 Å². The molecule has 4 heteroatoms. The number of carbonyl (C=O) groups excluding carboxylic acids is 1. The van der Waals surface area contributed by atoms with E-state index in [9.17, 15) is 4.79 Å². The summed E-state index contributed by atoms with van der Waals surface area (Å²) in [7, 11) is 0. The van der Waals surface area contributed by atoms with Crippen LogP contribution in [0.15, 0.2) is 54.6 Å². The predicted molar refractivity (Wildman–Crippen MR) is 76.3 cm³/mol. The Kier molecular flexibility index (Phi) is 4.15. The smallest absolute Gasteiger partial charge is 0.265 e. The van der Waals surface area contributed by atoms with Gasteiger partial charge in [0.15, 0.2) is 0 Å². The molecule has 2 rings (SSSR count). The number of benzene rings is 2. The zero-order chi connectivity index (χ0) is 13.7. The fourth-order valence-electron chi connectivity index (χ4n) is 1.70. The first-order valence-electron chi connectivity index (χ1n) is 6.13. The molecule has 0 aliphatic rings. The van der Waals surface area contributed by atoms with E-state index in [1.165, 1.54) is 0 Å². The van der Waals surface area contributed by atoms with Crippen LogP contribution in [0.25, 0.3) is 0 Å². The number of nitrogen functional groups attached to an aromatic ring is 1. The minimum atomic E-state index is -0.150. The maximum absolute atomic E-state index is 11.8. The van der Waals surface area contributed by atoms with Crippen molar-refractivity contribution in [1.29, 1.82) is 0 Å². The first-order valence-corrected chi connectivity index (χ1v) is 6.13. The van der Waals surface area contributed by atoms with Crippen LogP contribution < -0.4 is 16.6 Å². The topological polar surface area (TPSA) is 67.1 Å². The van der Waals surface area contributed by atoms with E-state index in [2.05, 4.69) is 10.9 Å². The lowest BCUT2D eigenvalue weighted by molar-refractivity contribution is 0.0926. The number of hydrogen-bond acceptors (Lipinski definition) is 3. The monoisotopic (exact) mass is 255 g/mol. The average molecular weight is 255 g/mol. The molecular formula is C15H17N3O. The summed E-state index contributed by atoms with van der Waals surface area (Å²) in [5.41, 5.74) is 13.7. The zero-order valence-corrected chi connectivity index (χ0v) is 10.8. The van der Waals surface area contributed by atoms with E-state index in [0.717, 1.165) is 11.3 Å². The van der Waals surface area contributed by atoms with E-state index in [-0.39, 0.29) is 11.9 Å². The lowest BCUT2D eigenvalue weighted by atomic mass is 10.1. The quantitative estimate of drug-likeness (QED) is 0.580. The first-order chi connectivity index (χ1) is 9.16. The van der Waals surface area contributed by atoms with Gasteiger partial charge in [-0.3, -0.25) is 10.2 Å². The van der Waals surface area contributed by atoms with Crippen molar-refractivity contribution < 1.29 is 4.79 Å². The van der Waals surface area contributed by atoms with Gasteiger partial charge in [0.25, 0.3) is 5.91 Å². The third-order valence-electron chi connectivity index (χ3n) is 2.87. The van der Waals surface area contributed by atoms with Crippen molar-refractivity contribution in [1.82, 2.24) is 10.9 Å². The lowest BCUT2D eigenvalue weighted by Crippen LogP contribution is -2.39. The van der Waals surface area contributed by atoms with Crippen LogP contribution in [0.1, 0.15) is 28.9 Å². The average Bonchev–Trinajstić information content (AvgIpc) is 2.46. The molecule has 0 bridgehead atoms. The van der Waals surface area contributed by atoms with Gasteiger partial charge in [-0.1, -0.05) is 30.3 Å². The number of anilines is 1. The van der Waals surface area contributed by atoms with Crippen molar-refractivity contribution in [3.8, 4) is 0 Å². The summed E-state index contributed by atoms with van der Waals surface area (Å²) in [4.78, 5) is 11.8. The van der Waals surface area contributed by atoms with Crippen LogP contribution in [0.2, 0.25) is 0 Å². The molecule has 1 amide bonds. The van der Waals surface area contributed by atoms with Gasteiger partial charge >= 0.3 is 0 Å². The van der Waals surface area contributed by atoms with Crippen LogP contribution in [0.4, 0.5) is 5.69 Å². The van der Waals surface area contributed by atoms with Gasteiger partial charge in [-0.05, 0) is 36.8 Å². The van der Waals surface area contributed by atoms with Crippen LogP contribution in [0.3, 0.4) is 0 Å². The molecule has 0 heterocycles. The summed E-state index contributed by atoms with van der Waals surface area (Å²) >= 11 is 0. The summed E-state index contributed by atoms with van der Waals surface area (Å²) < 4.78 is 0. The van der Waals surface area contributed by atoms with Crippen molar-refractivity contribution in [2.45, 2.75) is 13.0 Å². The summed E-state index contributed by atoms with van der Waals surface area (Å²) in [6, 6.07) is 16.6. The molecule has 19 heavy (non-hydrogen) atoms. The molecule has 0 radical (unpaired) electrons. The van der Waals surface area contributed by atoms with Gasteiger partial charge in [-0.25, -0.2) is 5.43 Å². The van der Waals surface area contributed by atoms with Gasteiger partial charge < -0.3 is 5.73 Å². The highest BCUT2D eigenvalue weighted by atomic mass is 16.2. The molecule has 98 valence electrons. The number of hydrogen-bond donors (Lipinski definition) is 3. The predicted octanol–water partition coefficient (Wildman–Crippen LogP) is 2.26. The van der Waals surface area contributed by atoms with Crippen LogP contribution in [0, 0.1) is 0 Å². The Morgan fingerprint density at radius 2 is 1.68 bits per heavy atom. The molecule has 0 aromatic heterocycles. The van der Waals surface area contributed by atoms with E-state index in [4.69, 9.17) is 5.73 Å². The maximum atomic E-state index is 11.8. The molecule has 0 spiro atoms. The maximum Gasteiger partial charge on any atom is 0.265 e. The minimum absolute atomic E-state index is 0.00765. The molecule has 0 aliphatic carbocycles. The van der Waals surface area contributed by atoms with Crippen LogP contribution in [-0.4, -0.2) is 5.91 Å². The molecule has 2 aromatic rings. The van der Waals surface area contributed by atoms with E-state index >= 15 is 0 Å². The van der Waals surface area contributed by atoms with Gasteiger partial charge in [-0.15, -0.1) is 0 Å². The van der Waals surface area contributed by atoms with Gasteiger partial charge in [-0.2, -0.15) is 0 Å². The van der Waals surface area contributed by atoms with E-state index in [1.54, 1.807) is 12.1 Å². The van der Waals surface area contributed by atoms with Crippen molar-refractivity contribution in [2.24, 2.45) is 0 Å². The fraction of sp³-hybridized carbons (Fsp3) is 0.133. The summed E-state index contributed by atoms with van der Waals surface area (Å²) in [6.07, 6.45) is 0. The normalized spacial score (nSPS) is 11.8. The van der Waals surface area contributed by atoms with Crippen LogP contribution >= 0.6 is 0 Å². The molecule has 2 aromatic carbocycles. The van der Waals surface area contributed by atoms with Gasteiger partial charge in [0.2, 0.25) is 0 Å². The summed E-state index contributed by atoms with van der Waals surface area (Å²) in [5.74, 6) is -0.150. The molecule has 0 saturated heterocycles. The SMILES string of the molecule is C[C@@H](NNC(=O)c1ccccc1)c1ccc(N)cc1. The highest BCUT2D eigenvalue weighted by Gasteiger charge is 2.07. The Bertz CT molecular complexity index is 537. The number of rotatable bonds is 4. The zero-order valence-electron chi connectivity index (χ0n) is 10.8. The van der Waals surface area contributed by atoms with E-state index in [0.29, 0.717) is 5.56 Å². The third-order valence-corrected chi connectivity index (χ3v) is 2.87. The van der Waals surface area contributed by atoms with E-state index < -0.39 is 0 Å². The molecular weight excluding hydrogens is 238 g/mol. The molecule has 4 nitrogen and oxygen atoms in total. The molecule has 0 fully saturated rings. The van der Waals surface area contributed by atoms with Crippen molar-refractivity contribution in [2.75, 3.05) is 5.73 Å². The number of carbonyl (C=O) groups is 1. The second-order valence-electron chi connectivity index (χ2n) is 4.35. The van der Waals surface area contributed by atoms with Crippen LogP contribution in [-0.2, 0) is 0 Å². The van der Waals surface area contributed by atoms with Crippen LogP contribution in [0.5, 0.6) is 0 Å². The standard InChI is InChI=1S/C15H17N3O/c1-11(12-7-9-14(16)10-8-12)17-18-15(19)13-5-3-2-4-6-13/h2-11,17H,16H2,1H3,(H,18,19)/t11-/m1/s1. The molecule has 4 N–H and O–H groups in total. The Morgan fingerprint density at radius 3 is 2.32 bits per heavy atom. The van der Waals surface area contributed by atoms with Gasteiger partial charge in [0, 0.05) is 17.3 Å². The lowest BCUT2D eigenvalue weighted by Gasteiger charge is -2.15. The summed E-state index contributed by atoms with van der Waals surface area (Å²) in [6.45, 7) is 1.97. The number of nitrogens with one attached hydrogen (secondary N) is 2.